The van der Waals surface area contributed by atoms with Gasteiger partial charge < -0.3 is 14.7 Å². The average molecular weight is 485 g/mol. The van der Waals surface area contributed by atoms with Gasteiger partial charge in [0.1, 0.15) is 5.75 Å². The number of aromatic amines is 2. The summed E-state index contributed by atoms with van der Waals surface area (Å²) < 4.78 is 5.37. The van der Waals surface area contributed by atoms with Crippen molar-refractivity contribution in [3.05, 3.63) is 94.4 Å². The number of nitrogens with zero attached hydrogens (tertiary/aromatic N) is 1. The number of hydrogen-bond donors (Lipinski definition) is 4. The fourth-order valence-electron chi connectivity index (χ4n) is 5.29. The zero-order valence-electron chi connectivity index (χ0n) is 20.7. The topological polar surface area (TPSA) is 93.4 Å². The molecule has 0 spiro atoms. The highest BCUT2D eigenvalue weighted by molar-refractivity contribution is 5.90. The number of H-pyrrole nitrogens is 2. The second-order valence-corrected chi connectivity index (χ2v) is 9.47. The van der Waals surface area contributed by atoms with E-state index in [-0.39, 0.29) is 0 Å². The monoisotopic (exact) mass is 484 g/mol. The third kappa shape index (κ3) is 5.08. The summed E-state index contributed by atoms with van der Waals surface area (Å²) in [7, 11) is 1.69. The second-order valence-electron chi connectivity index (χ2n) is 9.47. The normalized spacial score (nSPS) is 15.2. The third-order valence-corrected chi connectivity index (χ3v) is 7.09. The third-order valence-electron chi connectivity index (χ3n) is 7.09. The molecule has 1 aliphatic carbocycles. The minimum absolute atomic E-state index is 0.327. The highest BCUT2D eigenvalue weighted by atomic mass is 16.5. The largest absolute Gasteiger partial charge is 0.497 e. The summed E-state index contributed by atoms with van der Waals surface area (Å²) in [4.78, 5) is 20.8. The van der Waals surface area contributed by atoms with E-state index >= 15 is 0 Å². The van der Waals surface area contributed by atoms with Crippen LogP contribution >= 0.6 is 0 Å². The number of aryl methyl sites for hydroxylation is 2. The molecule has 0 aliphatic heterocycles. The van der Waals surface area contributed by atoms with E-state index in [4.69, 9.17) is 9.94 Å². The Morgan fingerprint density at radius 1 is 1.19 bits per heavy atom. The minimum Gasteiger partial charge on any atom is -0.497 e. The van der Waals surface area contributed by atoms with Gasteiger partial charge in [-0.05, 0) is 78.3 Å². The van der Waals surface area contributed by atoms with Crippen molar-refractivity contribution in [1.82, 2.24) is 20.3 Å². The van der Waals surface area contributed by atoms with E-state index in [0.29, 0.717) is 6.04 Å². The van der Waals surface area contributed by atoms with Crippen LogP contribution in [0.25, 0.3) is 17.0 Å². The molecule has 5 rings (SSSR count). The predicted octanol–water partition coefficient (Wildman–Crippen LogP) is 5.06. The van der Waals surface area contributed by atoms with Crippen molar-refractivity contribution in [3.8, 4) is 5.75 Å². The molecular weight excluding hydrogens is 452 g/mol. The van der Waals surface area contributed by atoms with Crippen molar-refractivity contribution in [2.45, 2.75) is 38.8 Å². The Bertz CT molecular complexity index is 1400. The van der Waals surface area contributed by atoms with E-state index in [1.54, 1.807) is 18.7 Å². The second kappa shape index (κ2) is 10.4. The van der Waals surface area contributed by atoms with Gasteiger partial charge in [0.2, 0.25) is 0 Å². The Morgan fingerprint density at radius 3 is 2.86 bits per heavy atom. The van der Waals surface area contributed by atoms with Crippen molar-refractivity contribution < 1.29 is 14.7 Å². The molecule has 7 nitrogen and oxygen atoms in total. The number of nitrogens with one attached hydrogen (secondary N) is 3. The van der Waals surface area contributed by atoms with Crippen LogP contribution in [0.4, 0.5) is 0 Å². The highest BCUT2D eigenvalue weighted by Gasteiger charge is 2.28. The molecule has 0 saturated carbocycles. The standard InChI is InChI=1S/C29H32N4O3/c1-19-13-23(30-16-19)18-33(12-11-22-17-31-27-15-24(36-2)6-8-25(22)27)28-9-5-21-14-20(3-7-26(21)28)4-10-29(34)32-35/h3-4,6-8,10,13-17,28,30-31,35H,5,9,11-12,18H2,1-2H3,(H,32,34)/b10-4+. The summed E-state index contributed by atoms with van der Waals surface area (Å²) >= 11 is 0. The quantitative estimate of drug-likeness (QED) is 0.152. The maximum atomic E-state index is 11.4. The smallest absolute Gasteiger partial charge is 0.267 e. The zero-order chi connectivity index (χ0) is 25.1. The molecule has 4 N–H and O–H groups in total. The molecule has 1 atom stereocenters. The minimum atomic E-state index is -0.531. The van der Waals surface area contributed by atoms with Gasteiger partial charge in [0.05, 0.1) is 7.11 Å². The molecule has 4 aromatic rings. The van der Waals surface area contributed by atoms with Crippen molar-refractivity contribution in [1.29, 1.82) is 0 Å². The first-order chi connectivity index (χ1) is 17.5. The number of hydroxylamine groups is 1. The van der Waals surface area contributed by atoms with E-state index in [2.05, 4.69) is 58.5 Å². The van der Waals surface area contributed by atoms with Crippen LogP contribution in [-0.2, 0) is 24.2 Å². The lowest BCUT2D eigenvalue weighted by Crippen LogP contribution is -2.29. The van der Waals surface area contributed by atoms with Gasteiger partial charge in [-0.3, -0.25) is 14.9 Å². The maximum absolute atomic E-state index is 11.4. The average Bonchev–Trinajstić information content (AvgIpc) is 3.62. The Hall–Kier alpha value is -3.81. The highest BCUT2D eigenvalue weighted by Crippen LogP contribution is 2.37. The number of hydrogen-bond acceptors (Lipinski definition) is 4. The number of carbonyl (C=O) groups is 1. The first-order valence-corrected chi connectivity index (χ1v) is 12.3. The summed E-state index contributed by atoms with van der Waals surface area (Å²) in [6.45, 7) is 3.90. The molecular formula is C29H32N4O3. The molecule has 2 aromatic heterocycles. The number of amides is 1. The van der Waals surface area contributed by atoms with Gasteiger partial charge >= 0.3 is 0 Å². The molecule has 0 fully saturated rings. The van der Waals surface area contributed by atoms with Crippen molar-refractivity contribution >= 4 is 22.9 Å². The summed E-state index contributed by atoms with van der Waals surface area (Å²) in [6, 6.07) is 15.1. The van der Waals surface area contributed by atoms with Gasteiger partial charge in [0.25, 0.3) is 5.91 Å². The van der Waals surface area contributed by atoms with Crippen LogP contribution in [0.2, 0.25) is 0 Å². The molecule has 1 aliphatic rings. The van der Waals surface area contributed by atoms with Crippen molar-refractivity contribution in [2.75, 3.05) is 13.7 Å². The number of fused-ring (bicyclic) bond motifs is 2. The van der Waals surface area contributed by atoms with Crippen LogP contribution in [0, 0.1) is 6.92 Å². The number of rotatable bonds is 9. The lowest BCUT2D eigenvalue weighted by molar-refractivity contribution is -0.124. The van der Waals surface area contributed by atoms with Crippen LogP contribution < -0.4 is 10.2 Å². The molecule has 7 heteroatoms. The summed E-state index contributed by atoms with van der Waals surface area (Å²) in [6.07, 6.45) is 10.2. The van der Waals surface area contributed by atoms with E-state index in [1.807, 2.05) is 18.2 Å². The molecule has 0 bridgehead atoms. The SMILES string of the molecule is COc1ccc2c(CCN(Cc3cc(C)c[nH]3)C3CCc4cc(/C=C/C(=O)NO)ccc43)c[nH]c2c1. The lowest BCUT2D eigenvalue weighted by atomic mass is 10.0. The first-order valence-electron chi connectivity index (χ1n) is 12.3. The van der Waals surface area contributed by atoms with Gasteiger partial charge in [-0.2, -0.15) is 0 Å². The molecule has 1 unspecified atom stereocenters. The number of carbonyl (C=O) groups excluding carboxylic acids is 1. The maximum Gasteiger partial charge on any atom is 0.267 e. The predicted molar refractivity (Wildman–Crippen MR) is 141 cm³/mol. The number of benzene rings is 2. The molecule has 36 heavy (non-hydrogen) atoms. The number of ether oxygens (including phenoxy) is 1. The van der Waals surface area contributed by atoms with E-state index < -0.39 is 5.91 Å². The fourth-order valence-corrected chi connectivity index (χ4v) is 5.29. The van der Waals surface area contributed by atoms with Crippen LogP contribution in [-0.4, -0.2) is 39.6 Å². The summed E-state index contributed by atoms with van der Waals surface area (Å²) in [5, 5.41) is 9.96. The van der Waals surface area contributed by atoms with E-state index in [1.165, 1.54) is 39.4 Å². The lowest BCUT2D eigenvalue weighted by Gasteiger charge is -2.29. The number of methoxy groups -OCH3 is 1. The van der Waals surface area contributed by atoms with Gasteiger partial charge in [-0.15, -0.1) is 0 Å². The molecule has 0 radical (unpaired) electrons. The number of aromatic nitrogens is 2. The Morgan fingerprint density at radius 2 is 2.08 bits per heavy atom. The van der Waals surface area contributed by atoms with Gasteiger partial charge in [-0.25, -0.2) is 5.48 Å². The Balaban J connectivity index is 1.38. The zero-order valence-corrected chi connectivity index (χ0v) is 20.7. The van der Waals surface area contributed by atoms with Crippen LogP contribution in [0.15, 0.2) is 60.9 Å². The van der Waals surface area contributed by atoms with E-state index in [0.717, 1.165) is 49.2 Å². The van der Waals surface area contributed by atoms with E-state index in [9.17, 15) is 4.79 Å². The van der Waals surface area contributed by atoms with Crippen molar-refractivity contribution in [2.24, 2.45) is 0 Å². The van der Waals surface area contributed by atoms with Crippen LogP contribution in [0.5, 0.6) is 5.75 Å². The first kappa shape index (κ1) is 23.9. The van der Waals surface area contributed by atoms with Gasteiger partial charge in [0.15, 0.2) is 0 Å². The van der Waals surface area contributed by atoms with Gasteiger partial charge in [-0.1, -0.05) is 18.2 Å². The molecule has 2 aromatic carbocycles. The van der Waals surface area contributed by atoms with Crippen molar-refractivity contribution in [3.63, 3.8) is 0 Å². The molecule has 1 amide bonds. The fraction of sp³-hybridized carbons (Fsp3) is 0.276. The molecule has 2 heterocycles. The van der Waals surface area contributed by atoms with Crippen LogP contribution in [0.3, 0.4) is 0 Å². The molecule has 0 saturated heterocycles. The summed E-state index contributed by atoms with van der Waals surface area (Å²) in [5.74, 6) is 0.324. The summed E-state index contributed by atoms with van der Waals surface area (Å²) in [5.41, 5.74) is 10.1. The van der Waals surface area contributed by atoms with Gasteiger partial charge in [0, 0.05) is 60.3 Å². The Labute approximate surface area is 210 Å². The Kier molecular flexibility index (Phi) is 6.93. The molecule has 186 valence electrons. The van der Waals surface area contributed by atoms with Crippen LogP contribution in [0.1, 0.15) is 46.0 Å².